The number of amides is 1. The minimum Gasteiger partial charge on any atom is -0.506 e. The number of carbonyl (C=O) groups excluding carboxylic acids is 2. The van der Waals surface area contributed by atoms with Crippen LogP contribution in [0.5, 0.6) is 5.75 Å². The van der Waals surface area contributed by atoms with Crippen LogP contribution in [0.2, 0.25) is 0 Å². The summed E-state index contributed by atoms with van der Waals surface area (Å²) in [6.07, 6.45) is 11.7. The van der Waals surface area contributed by atoms with Crippen molar-refractivity contribution in [1.82, 2.24) is 5.32 Å². The molecule has 38 heavy (non-hydrogen) atoms. The number of phenolic OH excluding ortho intramolecular Hbond substituents is 1. The van der Waals surface area contributed by atoms with Gasteiger partial charge in [-0.1, -0.05) is 58.3 Å². The lowest BCUT2D eigenvalue weighted by atomic mass is 9.34. The molecule has 3 saturated carbocycles. The first-order valence-corrected chi connectivity index (χ1v) is 14.3. The van der Waals surface area contributed by atoms with Crippen LogP contribution in [-0.2, 0) is 15.0 Å². The van der Waals surface area contributed by atoms with E-state index in [0.717, 1.165) is 61.3 Å². The predicted octanol–water partition coefficient (Wildman–Crippen LogP) is 4.73. The van der Waals surface area contributed by atoms with Crippen molar-refractivity contribution in [2.75, 3.05) is 6.54 Å². The first kappa shape index (κ1) is 26.8. The van der Waals surface area contributed by atoms with Crippen molar-refractivity contribution < 1.29 is 14.7 Å². The van der Waals surface area contributed by atoms with Gasteiger partial charge in [-0.05, 0) is 103 Å². The summed E-state index contributed by atoms with van der Waals surface area (Å²) in [6, 6.07) is 1.88. The van der Waals surface area contributed by atoms with Gasteiger partial charge in [0.25, 0.3) is 0 Å². The van der Waals surface area contributed by atoms with Crippen LogP contribution in [0.3, 0.4) is 0 Å². The smallest absolute Gasteiger partial charge is 0.226 e. The zero-order valence-electron chi connectivity index (χ0n) is 24.2. The van der Waals surface area contributed by atoms with Gasteiger partial charge in [-0.3, -0.25) is 4.79 Å². The highest BCUT2D eigenvalue weighted by Crippen LogP contribution is 2.74. The van der Waals surface area contributed by atoms with Crippen molar-refractivity contribution in [2.24, 2.45) is 27.6 Å². The number of phenols is 1. The molecule has 0 spiro atoms. The maximum Gasteiger partial charge on any atom is 0.226 e. The summed E-state index contributed by atoms with van der Waals surface area (Å²) in [7, 11) is 0. The van der Waals surface area contributed by atoms with Crippen molar-refractivity contribution >= 4 is 17.9 Å². The zero-order valence-corrected chi connectivity index (χ0v) is 24.2. The highest BCUT2D eigenvalue weighted by atomic mass is 16.3. The second-order valence-corrected chi connectivity index (χ2v) is 13.9. The zero-order chi connectivity index (χ0) is 27.7. The number of rotatable bonds is 2. The lowest BCUT2D eigenvalue weighted by Gasteiger charge is -2.69. The van der Waals surface area contributed by atoms with Crippen LogP contribution in [0.1, 0.15) is 97.6 Å². The molecule has 0 saturated heterocycles. The number of hydrogen-bond acceptors (Lipinski definition) is 3. The minimum atomic E-state index is -0.384. The van der Waals surface area contributed by atoms with Crippen molar-refractivity contribution in [3.8, 4) is 17.6 Å². The van der Waals surface area contributed by atoms with Gasteiger partial charge in [-0.2, -0.15) is 0 Å². The molecule has 0 heterocycles. The third-order valence-corrected chi connectivity index (χ3v) is 12.1. The molecule has 0 aliphatic heterocycles. The quantitative estimate of drug-likeness (QED) is 0.562. The fraction of sp³-hybridized carbons (Fsp3) is 0.618. The second kappa shape index (κ2) is 8.62. The molecule has 4 heteroatoms. The van der Waals surface area contributed by atoms with E-state index in [1.165, 1.54) is 5.57 Å². The molecule has 2 N–H and O–H groups in total. The van der Waals surface area contributed by atoms with Gasteiger partial charge in [-0.25, -0.2) is 4.79 Å². The van der Waals surface area contributed by atoms with Gasteiger partial charge in [0.15, 0.2) is 0 Å². The Morgan fingerprint density at radius 2 is 1.76 bits per heavy atom. The molecule has 4 nitrogen and oxygen atoms in total. The van der Waals surface area contributed by atoms with Crippen LogP contribution in [0.4, 0.5) is 0 Å². The first-order valence-electron chi connectivity index (χ1n) is 14.3. The Bertz CT molecular complexity index is 1450. The lowest BCUT2D eigenvalue weighted by molar-refractivity contribution is -0.167. The molecular weight excluding hydrogens is 470 g/mol. The Morgan fingerprint density at radius 3 is 2.45 bits per heavy atom. The van der Waals surface area contributed by atoms with E-state index < -0.39 is 0 Å². The molecule has 5 rings (SSSR count). The fourth-order valence-corrected chi connectivity index (χ4v) is 9.20. The number of carbonyl (C=O) groups is 1. The molecule has 0 unspecified atom stereocenters. The number of nitrogens with one attached hydrogen (secondary N) is 1. The van der Waals surface area contributed by atoms with E-state index in [2.05, 4.69) is 63.9 Å². The van der Waals surface area contributed by atoms with Crippen molar-refractivity contribution in [2.45, 2.75) is 98.8 Å². The van der Waals surface area contributed by atoms with Crippen LogP contribution >= 0.6 is 0 Å². The van der Waals surface area contributed by atoms with E-state index in [9.17, 15) is 14.7 Å². The maximum absolute atomic E-state index is 13.4. The summed E-state index contributed by atoms with van der Waals surface area (Å²) in [6.45, 7) is 16.1. The van der Waals surface area contributed by atoms with E-state index in [1.807, 2.05) is 18.9 Å². The summed E-state index contributed by atoms with van der Waals surface area (Å²) < 4.78 is 0. The number of hydrogen-bond donors (Lipinski definition) is 2. The van der Waals surface area contributed by atoms with Gasteiger partial charge in [-0.15, -0.1) is 5.92 Å². The molecule has 0 bridgehead atoms. The molecule has 4 aliphatic rings. The van der Waals surface area contributed by atoms with Gasteiger partial charge < -0.3 is 10.4 Å². The van der Waals surface area contributed by atoms with Crippen LogP contribution in [0.15, 0.2) is 17.7 Å². The summed E-state index contributed by atoms with van der Waals surface area (Å²) >= 11 is 0. The van der Waals surface area contributed by atoms with E-state index in [4.69, 9.17) is 0 Å². The fourth-order valence-electron chi connectivity index (χ4n) is 9.20. The SMILES string of the molecule is CC#CCNC(=O)[C@]1(C)CC[C@]2(C)CC[C@]3(C)C4=CC=c5c(cc(=C=O)c(O)c5C)[C@]4(C)CC[C@@]3(C)[C@@H]2C1. The minimum absolute atomic E-state index is 0.0301. The second-order valence-electron chi connectivity index (χ2n) is 13.9. The molecule has 202 valence electrons. The van der Waals surface area contributed by atoms with Crippen molar-refractivity contribution in [3.05, 3.63) is 39.3 Å². The van der Waals surface area contributed by atoms with Gasteiger partial charge >= 0.3 is 0 Å². The molecule has 6 atom stereocenters. The highest BCUT2D eigenvalue weighted by Gasteiger charge is 2.66. The van der Waals surface area contributed by atoms with Gasteiger partial charge in [0.2, 0.25) is 5.91 Å². The largest absolute Gasteiger partial charge is 0.506 e. The van der Waals surface area contributed by atoms with Crippen LogP contribution in [-0.4, -0.2) is 23.5 Å². The summed E-state index contributed by atoms with van der Waals surface area (Å²) in [5, 5.41) is 15.0. The van der Waals surface area contributed by atoms with E-state index >= 15 is 0 Å². The lowest BCUT2D eigenvalue weighted by Crippen LogP contribution is -2.63. The molecule has 0 aromatic heterocycles. The molecule has 4 aliphatic carbocycles. The van der Waals surface area contributed by atoms with E-state index in [-0.39, 0.29) is 44.0 Å². The van der Waals surface area contributed by atoms with E-state index in [1.54, 1.807) is 6.92 Å². The Labute approximate surface area is 227 Å². The van der Waals surface area contributed by atoms with Crippen molar-refractivity contribution in [3.63, 3.8) is 0 Å². The highest BCUT2D eigenvalue weighted by molar-refractivity contribution is 5.82. The van der Waals surface area contributed by atoms with Crippen LogP contribution in [0.25, 0.3) is 6.08 Å². The maximum atomic E-state index is 13.4. The molecule has 3 fully saturated rings. The number of aromatic hydroxyl groups is 1. The average molecular weight is 514 g/mol. The number of benzene rings is 1. The molecule has 1 amide bonds. The Kier molecular flexibility index (Phi) is 6.09. The van der Waals surface area contributed by atoms with Gasteiger partial charge in [0.05, 0.1) is 6.54 Å². The van der Waals surface area contributed by atoms with Crippen LogP contribution < -0.4 is 15.8 Å². The molecule has 1 aromatic rings. The van der Waals surface area contributed by atoms with Gasteiger partial charge in [0, 0.05) is 10.8 Å². The van der Waals surface area contributed by atoms with E-state index in [0.29, 0.717) is 12.5 Å². The normalized spacial score (nSPS) is 38.9. The first-order chi connectivity index (χ1) is 17.8. The summed E-state index contributed by atoms with van der Waals surface area (Å²) in [5.74, 6) is 8.46. The Hall–Kier alpha value is -2.76. The Morgan fingerprint density at radius 1 is 1.05 bits per heavy atom. The summed E-state index contributed by atoms with van der Waals surface area (Å²) in [4.78, 5) is 25.1. The molecular formula is C34H43NO3. The predicted molar refractivity (Wildman–Crippen MR) is 151 cm³/mol. The average Bonchev–Trinajstić information content (AvgIpc) is 2.89. The topological polar surface area (TPSA) is 66.4 Å². The molecule has 1 aromatic carbocycles. The summed E-state index contributed by atoms with van der Waals surface area (Å²) in [5.41, 5.74) is 3.01. The van der Waals surface area contributed by atoms with Crippen molar-refractivity contribution in [1.29, 1.82) is 0 Å². The Balaban J connectivity index is 1.59. The standard InChI is InChI=1S/C34H43NO3/c1-8-9-18-35-29(38)31(4)13-12-30(3)14-16-33(6)26-11-10-24-22(2)28(37)23(21-36)19-25(24)32(26,5)15-17-34(33,7)27(30)20-31/h10-11,19,27,37H,12-18,20H2,1-7H3,(H,35,38)/t27-,30-,31-,32+,33-,34+/m1/s1. The van der Waals surface area contributed by atoms with Crippen LogP contribution in [0, 0.1) is 46.3 Å². The number of fused-ring (bicyclic) bond motifs is 7. The number of allylic oxidation sites excluding steroid dienone is 2. The molecule has 0 radical (unpaired) electrons. The van der Waals surface area contributed by atoms with Gasteiger partial charge in [0.1, 0.15) is 16.9 Å². The third-order valence-electron chi connectivity index (χ3n) is 12.1. The third kappa shape index (κ3) is 3.44. The monoisotopic (exact) mass is 513 g/mol.